The number of aromatic nitrogens is 2. The van der Waals surface area contributed by atoms with E-state index in [0.717, 1.165) is 17.7 Å². The quantitative estimate of drug-likeness (QED) is 0.625. The molecule has 2 aromatic carbocycles. The number of anilines is 1. The van der Waals surface area contributed by atoms with Crippen molar-refractivity contribution in [3.63, 3.8) is 0 Å². The zero-order chi connectivity index (χ0) is 21.7. The summed E-state index contributed by atoms with van der Waals surface area (Å²) in [5.41, 5.74) is 0.649. The van der Waals surface area contributed by atoms with E-state index in [9.17, 15) is 18.0 Å². The lowest BCUT2D eigenvalue weighted by molar-refractivity contribution is -0.137. The summed E-state index contributed by atoms with van der Waals surface area (Å²) in [6, 6.07) is 11.6. The number of alkyl halides is 3. The van der Waals surface area contributed by atoms with Crippen LogP contribution in [0.25, 0.3) is 0 Å². The Hall–Kier alpha value is -3.49. The number of halogens is 3. The lowest BCUT2D eigenvalue weighted by Gasteiger charge is -2.12. The third kappa shape index (κ3) is 5.11. The summed E-state index contributed by atoms with van der Waals surface area (Å²) in [6.07, 6.45) is -2.77. The van der Waals surface area contributed by atoms with Crippen LogP contribution in [0.4, 0.5) is 19.0 Å². The molecule has 1 heterocycles. The maximum Gasteiger partial charge on any atom is 0.416 e. The van der Waals surface area contributed by atoms with E-state index in [1.54, 1.807) is 24.3 Å². The Morgan fingerprint density at radius 1 is 1.00 bits per heavy atom. The first-order valence-electron chi connectivity index (χ1n) is 8.99. The topological polar surface area (TPSA) is 65.4 Å². The Labute approximate surface area is 171 Å². The van der Waals surface area contributed by atoms with Crippen LogP contribution in [0.5, 0.6) is 11.5 Å². The number of ether oxygens (including phenoxy) is 2. The Balaban J connectivity index is 1.66. The smallest absolute Gasteiger partial charge is 0.416 e. The van der Waals surface area contributed by atoms with Crippen LogP contribution < -0.4 is 14.8 Å². The average Bonchev–Trinajstić information content (AvgIpc) is 3.13. The van der Waals surface area contributed by atoms with Crippen LogP contribution in [0, 0.1) is 0 Å². The number of hydrogen-bond acceptors (Lipinski definition) is 4. The molecule has 1 N–H and O–H groups in total. The van der Waals surface area contributed by atoms with Crippen molar-refractivity contribution in [2.45, 2.75) is 19.1 Å². The molecular weight excluding hydrogens is 399 g/mol. The molecule has 1 aromatic heterocycles. The highest BCUT2D eigenvalue weighted by atomic mass is 19.4. The first-order valence-corrected chi connectivity index (χ1v) is 8.99. The second-order valence-corrected chi connectivity index (χ2v) is 6.48. The fraction of sp³-hybridized carbons (Fsp3) is 0.238. The van der Waals surface area contributed by atoms with Gasteiger partial charge < -0.3 is 14.8 Å². The number of carbonyl (C=O) groups is 1. The van der Waals surface area contributed by atoms with Gasteiger partial charge in [0.05, 0.1) is 38.9 Å². The summed E-state index contributed by atoms with van der Waals surface area (Å²) in [7, 11) is 3.05. The van der Waals surface area contributed by atoms with Gasteiger partial charge in [0.15, 0.2) is 11.5 Å². The molecule has 0 unspecified atom stereocenters. The van der Waals surface area contributed by atoms with Gasteiger partial charge in [0.2, 0.25) is 5.91 Å². The molecule has 0 atom stereocenters. The summed E-state index contributed by atoms with van der Waals surface area (Å²) in [4.78, 5) is 12.4. The van der Waals surface area contributed by atoms with E-state index in [-0.39, 0.29) is 18.9 Å². The number of methoxy groups -OCH3 is 2. The Morgan fingerprint density at radius 2 is 1.67 bits per heavy atom. The lowest BCUT2D eigenvalue weighted by atomic mass is 10.1. The van der Waals surface area contributed by atoms with Crippen LogP contribution in [0.3, 0.4) is 0 Å². The Kier molecular flexibility index (Phi) is 6.29. The first-order chi connectivity index (χ1) is 14.3. The third-order valence-corrected chi connectivity index (χ3v) is 4.41. The van der Waals surface area contributed by atoms with Crippen LogP contribution in [-0.4, -0.2) is 29.9 Å². The molecule has 30 heavy (non-hydrogen) atoms. The zero-order valence-electron chi connectivity index (χ0n) is 16.4. The van der Waals surface area contributed by atoms with Crippen molar-refractivity contribution in [2.24, 2.45) is 0 Å². The number of hydrogen-bond donors (Lipinski definition) is 1. The molecule has 0 saturated heterocycles. The minimum Gasteiger partial charge on any atom is -0.493 e. The predicted molar refractivity (Wildman–Crippen MR) is 105 cm³/mol. The number of nitrogens with one attached hydrogen (secondary N) is 1. The molecule has 9 heteroatoms. The van der Waals surface area contributed by atoms with Crippen molar-refractivity contribution in [1.82, 2.24) is 9.78 Å². The highest BCUT2D eigenvalue weighted by Crippen LogP contribution is 2.29. The molecule has 6 nitrogen and oxygen atoms in total. The fourth-order valence-electron chi connectivity index (χ4n) is 2.90. The molecular formula is C21H20F3N3O3. The highest BCUT2D eigenvalue weighted by Gasteiger charge is 2.29. The van der Waals surface area contributed by atoms with Gasteiger partial charge in [-0.2, -0.15) is 18.3 Å². The molecule has 0 aliphatic rings. The van der Waals surface area contributed by atoms with Crippen LogP contribution in [-0.2, 0) is 23.9 Å². The van der Waals surface area contributed by atoms with Gasteiger partial charge >= 0.3 is 6.18 Å². The Morgan fingerprint density at radius 3 is 2.30 bits per heavy atom. The highest BCUT2D eigenvalue weighted by molar-refractivity contribution is 5.91. The van der Waals surface area contributed by atoms with Gasteiger partial charge in [-0.15, -0.1) is 0 Å². The van der Waals surface area contributed by atoms with Gasteiger partial charge in [0, 0.05) is 6.07 Å². The van der Waals surface area contributed by atoms with Crippen molar-refractivity contribution < 1.29 is 27.4 Å². The molecule has 3 rings (SSSR count). The number of nitrogens with zero attached hydrogens (tertiary/aromatic N) is 2. The van der Waals surface area contributed by atoms with Crippen molar-refractivity contribution >= 4 is 11.7 Å². The first kappa shape index (κ1) is 21.2. The maximum atomic E-state index is 12.7. The van der Waals surface area contributed by atoms with Crippen LogP contribution >= 0.6 is 0 Å². The van der Waals surface area contributed by atoms with E-state index in [4.69, 9.17) is 9.47 Å². The monoisotopic (exact) mass is 419 g/mol. The fourth-order valence-corrected chi connectivity index (χ4v) is 2.90. The summed E-state index contributed by atoms with van der Waals surface area (Å²) < 4.78 is 50.0. The SMILES string of the molecule is COc1ccc(CC(=O)Nc2ccnn2Cc2ccc(C(F)(F)F)cc2)cc1OC. The molecule has 0 aliphatic carbocycles. The van der Waals surface area contributed by atoms with Gasteiger partial charge in [-0.25, -0.2) is 4.68 Å². The van der Waals surface area contributed by atoms with Crippen LogP contribution in [0.15, 0.2) is 54.7 Å². The normalized spacial score (nSPS) is 11.2. The van der Waals surface area contributed by atoms with Crippen molar-refractivity contribution in [3.05, 3.63) is 71.4 Å². The van der Waals surface area contributed by atoms with E-state index in [2.05, 4.69) is 10.4 Å². The second-order valence-electron chi connectivity index (χ2n) is 6.48. The zero-order valence-corrected chi connectivity index (χ0v) is 16.4. The van der Waals surface area contributed by atoms with Gasteiger partial charge in [-0.1, -0.05) is 18.2 Å². The molecule has 0 fully saturated rings. The second kappa shape index (κ2) is 8.89. The molecule has 0 bridgehead atoms. The molecule has 158 valence electrons. The molecule has 0 radical (unpaired) electrons. The largest absolute Gasteiger partial charge is 0.493 e. The molecule has 0 saturated carbocycles. The minimum absolute atomic E-state index is 0.103. The van der Waals surface area contributed by atoms with E-state index in [1.165, 1.54) is 37.2 Å². The van der Waals surface area contributed by atoms with Gasteiger partial charge in [-0.3, -0.25) is 4.79 Å². The summed E-state index contributed by atoms with van der Waals surface area (Å²) >= 11 is 0. The lowest BCUT2D eigenvalue weighted by Crippen LogP contribution is -2.18. The molecule has 1 amide bonds. The van der Waals surface area contributed by atoms with E-state index >= 15 is 0 Å². The number of benzene rings is 2. The average molecular weight is 419 g/mol. The van der Waals surface area contributed by atoms with Crippen molar-refractivity contribution in [1.29, 1.82) is 0 Å². The van der Waals surface area contributed by atoms with E-state index in [0.29, 0.717) is 22.9 Å². The number of carbonyl (C=O) groups excluding carboxylic acids is 1. The van der Waals surface area contributed by atoms with Crippen molar-refractivity contribution in [2.75, 3.05) is 19.5 Å². The predicted octanol–water partition coefficient (Wildman–Crippen LogP) is 4.15. The molecule has 0 aliphatic heterocycles. The minimum atomic E-state index is -4.38. The van der Waals surface area contributed by atoms with Crippen LogP contribution in [0.1, 0.15) is 16.7 Å². The van der Waals surface area contributed by atoms with Gasteiger partial charge in [0.1, 0.15) is 5.82 Å². The summed E-state index contributed by atoms with van der Waals surface area (Å²) in [6.45, 7) is 0.219. The maximum absolute atomic E-state index is 12.7. The number of amides is 1. The van der Waals surface area contributed by atoms with Crippen LogP contribution in [0.2, 0.25) is 0 Å². The molecule has 0 spiro atoms. The van der Waals surface area contributed by atoms with Gasteiger partial charge in [0.25, 0.3) is 0 Å². The Bertz CT molecular complexity index is 1010. The van der Waals surface area contributed by atoms with Gasteiger partial charge in [-0.05, 0) is 35.4 Å². The number of rotatable bonds is 7. The van der Waals surface area contributed by atoms with Crippen molar-refractivity contribution in [3.8, 4) is 11.5 Å². The standard InChI is InChI=1S/C21H20F3N3O3/c1-29-17-8-5-15(11-18(17)30-2)12-20(28)26-19-9-10-25-27(19)13-14-3-6-16(7-4-14)21(22,23)24/h3-11H,12-13H2,1-2H3,(H,26,28). The summed E-state index contributed by atoms with van der Waals surface area (Å²) in [5, 5.41) is 6.91. The summed E-state index contributed by atoms with van der Waals surface area (Å²) in [5.74, 6) is 1.27. The van der Waals surface area contributed by atoms with E-state index in [1.807, 2.05) is 0 Å². The van der Waals surface area contributed by atoms with E-state index < -0.39 is 11.7 Å². The molecule has 3 aromatic rings. The third-order valence-electron chi connectivity index (χ3n) is 4.41.